The highest BCUT2D eigenvalue weighted by Crippen LogP contribution is 2.54. The summed E-state index contributed by atoms with van der Waals surface area (Å²) in [5.74, 6) is 5.78. The first-order valence-corrected chi connectivity index (χ1v) is 17.3. The molecule has 230 valence electrons. The molecule has 0 saturated carbocycles. The van der Waals surface area contributed by atoms with Crippen molar-refractivity contribution >= 4 is 61.5 Å². The number of hydrogen-bond acceptors (Lipinski definition) is 1. The van der Waals surface area contributed by atoms with Crippen LogP contribution in [0.4, 0.5) is 5.69 Å². The molecule has 7 heteroatoms. The number of benzene rings is 5. The van der Waals surface area contributed by atoms with Crippen molar-refractivity contribution in [1.82, 2.24) is 13.8 Å². The van der Waals surface area contributed by atoms with E-state index in [-0.39, 0.29) is 6.71 Å². The highest BCUT2D eigenvalue weighted by molar-refractivity contribution is 6.82. The second-order valence-corrected chi connectivity index (χ2v) is 13.9. The molecule has 4 aliphatic rings. The summed E-state index contributed by atoms with van der Waals surface area (Å²) in [6.45, 7) is 0.143. The summed E-state index contributed by atoms with van der Waals surface area (Å²) >= 11 is 0. The van der Waals surface area contributed by atoms with Crippen molar-refractivity contribution < 1.29 is 9.25 Å². The monoisotopic (exact) mass is 638 g/mol. The molecule has 6 nitrogen and oxygen atoms in total. The molecule has 50 heavy (non-hydrogen) atoms. The predicted molar refractivity (Wildman–Crippen MR) is 199 cm³/mol. The van der Waals surface area contributed by atoms with Gasteiger partial charge in [0.25, 0.3) is 5.82 Å². The molecule has 1 unspecified atom stereocenters. The third kappa shape index (κ3) is 2.69. The van der Waals surface area contributed by atoms with Crippen LogP contribution in [0.15, 0.2) is 164 Å². The Bertz CT molecular complexity index is 3060. The molecule has 0 fully saturated rings. The molecule has 1 atom stereocenters. The second kappa shape index (κ2) is 8.51. The Morgan fingerprint density at radius 2 is 1.20 bits per heavy atom. The Balaban J connectivity index is 1.18. The van der Waals surface area contributed by atoms with Gasteiger partial charge >= 0.3 is 5.66 Å². The van der Waals surface area contributed by atoms with Crippen molar-refractivity contribution in [2.75, 3.05) is 4.90 Å². The number of anilines is 1. The number of aromatic nitrogens is 5. The lowest BCUT2D eigenvalue weighted by atomic mass is 9.45. The van der Waals surface area contributed by atoms with Gasteiger partial charge in [0.15, 0.2) is 11.7 Å². The first kappa shape index (κ1) is 25.4. The molecule has 9 aromatic rings. The van der Waals surface area contributed by atoms with Gasteiger partial charge < -0.3 is 9.47 Å². The van der Waals surface area contributed by atoms with E-state index in [9.17, 15) is 0 Å². The van der Waals surface area contributed by atoms with Crippen molar-refractivity contribution in [3.05, 3.63) is 175 Å². The Hall–Kier alpha value is -6.60. The maximum Gasteiger partial charge on any atom is 0.394 e. The molecule has 5 aromatic carbocycles. The fraction of sp³-hybridized carbons (Fsp3) is 0.0233. The van der Waals surface area contributed by atoms with Crippen molar-refractivity contribution in [2.24, 2.45) is 0 Å². The zero-order valence-electron chi connectivity index (χ0n) is 26.8. The largest absolute Gasteiger partial charge is 0.394 e. The van der Waals surface area contributed by atoms with E-state index in [0.29, 0.717) is 0 Å². The molecule has 0 radical (unpaired) electrons. The van der Waals surface area contributed by atoms with Crippen LogP contribution in [0.2, 0.25) is 0 Å². The lowest BCUT2D eigenvalue weighted by Gasteiger charge is -2.33. The number of hydrogen-bond donors (Lipinski definition) is 0. The average Bonchev–Trinajstić information content (AvgIpc) is 3.92. The Morgan fingerprint density at radius 1 is 0.560 bits per heavy atom. The molecule has 13 rings (SSSR count). The Morgan fingerprint density at radius 3 is 1.98 bits per heavy atom. The highest BCUT2D eigenvalue weighted by atomic mass is 15.5. The minimum absolute atomic E-state index is 0.143. The van der Waals surface area contributed by atoms with Gasteiger partial charge in [-0.3, -0.25) is 0 Å². The molecule has 4 aliphatic heterocycles. The number of fused-ring (bicyclic) bond motifs is 11. The molecule has 4 aromatic heterocycles. The zero-order valence-corrected chi connectivity index (χ0v) is 26.8. The van der Waals surface area contributed by atoms with Gasteiger partial charge in [-0.25, -0.2) is 0 Å². The summed E-state index contributed by atoms with van der Waals surface area (Å²) in [5, 5.41) is 5.14. The summed E-state index contributed by atoms with van der Waals surface area (Å²) in [6, 6.07) is 44.4. The maximum absolute atomic E-state index is 2.55. The first-order valence-electron chi connectivity index (χ1n) is 17.3. The summed E-state index contributed by atoms with van der Waals surface area (Å²) < 4.78 is 12.5. The van der Waals surface area contributed by atoms with E-state index in [0.717, 1.165) is 11.5 Å². The van der Waals surface area contributed by atoms with Crippen molar-refractivity contribution in [2.45, 2.75) is 5.66 Å². The minimum atomic E-state index is -0.647. The maximum atomic E-state index is 2.55. The van der Waals surface area contributed by atoms with Crippen LogP contribution in [0.1, 0.15) is 11.1 Å². The lowest BCUT2D eigenvalue weighted by Crippen LogP contribution is -2.77. The van der Waals surface area contributed by atoms with E-state index < -0.39 is 5.66 Å². The van der Waals surface area contributed by atoms with Crippen LogP contribution in [0, 0.1) is 0 Å². The number of para-hydroxylation sites is 3. The summed E-state index contributed by atoms with van der Waals surface area (Å²) in [6.07, 6.45) is 11.5. The van der Waals surface area contributed by atoms with Gasteiger partial charge in [-0.05, 0) is 73.1 Å². The standard InChI is InChI=1S/C43H27BN6/c1-2-10-29(11-3-1)45-24-21-44(22-25-45)28-26-47-36-19-17-32-30-12-4-6-14-34(30)49-37-20-18-33-31-13-5-7-15-35(31)50-38-16-8-9-23-46(38)43(48(47)27-28,39(36)41(32)49)40(37)42(33)50/h1-27H/q+2. The number of nitrogens with zero attached hydrogens (tertiary/aromatic N) is 6. The van der Waals surface area contributed by atoms with Gasteiger partial charge in [0.1, 0.15) is 22.3 Å². The Kier molecular flexibility index (Phi) is 4.33. The van der Waals surface area contributed by atoms with Crippen LogP contribution in [-0.4, -0.2) is 20.5 Å². The van der Waals surface area contributed by atoms with E-state index in [2.05, 4.69) is 192 Å². The zero-order chi connectivity index (χ0) is 32.3. The molecular formula is C43H27BN6+2. The quantitative estimate of drug-likeness (QED) is 0.151. The van der Waals surface area contributed by atoms with Crippen LogP contribution in [0.5, 0.6) is 0 Å². The molecule has 0 amide bonds. The molecule has 1 spiro atoms. The number of pyridine rings is 1. The third-order valence-corrected chi connectivity index (χ3v) is 11.7. The van der Waals surface area contributed by atoms with E-state index in [1.165, 1.54) is 71.6 Å². The van der Waals surface area contributed by atoms with E-state index in [1.807, 2.05) is 0 Å². The third-order valence-electron chi connectivity index (χ3n) is 11.7. The van der Waals surface area contributed by atoms with Gasteiger partial charge in [0, 0.05) is 38.8 Å². The molecule has 0 aliphatic carbocycles. The van der Waals surface area contributed by atoms with Gasteiger partial charge in [-0.2, -0.15) is 9.13 Å². The van der Waals surface area contributed by atoms with Crippen LogP contribution >= 0.6 is 0 Å². The molecular weight excluding hydrogens is 611 g/mol. The fourth-order valence-corrected chi connectivity index (χ4v) is 9.77. The van der Waals surface area contributed by atoms with Crippen LogP contribution in [0.25, 0.3) is 60.8 Å². The summed E-state index contributed by atoms with van der Waals surface area (Å²) in [4.78, 5) is 2.19. The van der Waals surface area contributed by atoms with Gasteiger partial charge in [0.05, 0.1) is 29.1 Å². The van der Waals surface area contributed by atoms with Crippen LogP contribution in [-0.2, 0) is 5.66 Å². The van der Waals surface area contributed by atoms with Gasteiger partial charge in [-0.1, -0.05) is 71.2 Å². The second-order valence-electron chi connectivity index (χ2n) is 13.9. The van der Waals surface area contributed by atoms with E-state index in [1.54, 1.807) is 0 Å². The lowest BCUT2D eigenvalue weighted by molar-refractivity contribution is -0.993. The van der Waals surface area contributed by atoms with Gasteiger partial charge in [0.2, 0.25) is 6.71 Å². The van der Waals surface area contributed by atoms with Crippen molar-refractivity contribution in [3.8, 4) is 17.2 Å². The van der Waals surface area contributed by atoms with E-state index >= 15 is 0 Å². The normalized spacial score (nSPS) is 17.4. The van der Waals surface area contributed by atoms with Crippen molar-refractivity contribution in [3.63, 3.8) is 0 Å². The van der Waals surface area contributed by atoms with Gasteiger partial charge in [-0.15, -0.1) is 4.68 Å². The summed E-state index contributed by atoms with van der Waals surface area (Å²) in [5.41, 5.74) is 11.9. The van der Waals surface area contributed by atoms with Crippen molar-refractivity contribution in [1.29, 1.82) is 0 Å². The topological polar surface area (TPSA) is 25.8 Å². The molecule has 0 saturated heterocycles. The molecule has 0 N–H and O–H groups in total. The van der Waals surface area contributed by atoms with Crippen LogP contribution in [0.3, 0.4) is 0 Å². The molecule has 0 bridgehead atoms. The SMILES string of the molecule is C1=CN(c2ccccc2)C=CB1c1cn2[n+](c1)C13c4c-2ccc2c5ccccc5n(c42)-c2ccc4c5ccccc5n(c4c21)-c1cccc[n+]13. The average molecular weight is 639 g/mol. The Labute approximate surface area is 286 Å². The number of rotatable bonds is 2. The fourth-order valence-electron chi connectivity index (χ4n) is 9.77. The smallest absolute Gasteiger partial charge is 0.326 e. The molecule has 8 heterocycles. The minimum Gasteiger partial charge on any atom is -0.326 e. The first-order chi connectivity index (χ1) is 24.8. The highest BCUT2D eigenvalue weighted by Gasteiger charge is 2.68. The summed E-state index contributed by atoms with van der Waals surface area (Å²) in [7, 11) is 0. The van der Waals surface area contributed by atoms with Crippen LogP contribution < -0.4 is 19.6 Å². The van der Waals surface area contributed by atoms with E-state index in [4.69, 9.17) is 0 Å². The predicted octanol–water partition coefficient (Wildman–Crippen LogP) is 6.81.